The zero-order valence-electron chi connectivity index (χ0n) is 15.3. The highest BCUT2D eigenvalue weighted by Crippen LogP contribution is 2.21. The third kappa shape index (κ3) is 5.26. The van der Waals surface area contributed by atoms with Crippen LogP contribution in [0.3, 0.4) is 0 Å². The Bertz CT molecular complexity index is 1050. The van der Waals surface area contributed by atoms with Gasteiger partial charge in [0.1, 0.15) is 5.75 Å². The van der Waals surface area contributed by atoms with Gasteiger partial charge >= 0.3 is 5.97 Å². The largest absolute Gasteiger partial charge is 0.496 e. The highest BCUT2D eigenvalue weighted by Gasteiger charge is 2.12. The zero-order chi connectivity index (χ0) is 20.6. The Kier molecular flexibility index (Phi) is 6.70. The van der Waals surface area contributed by atoms with E-state index in [1.54, 1.807) is 72.8 Å². The Labute approximate surface area is 175 Å². The molecule has 0 aromatic heterocycles. The average molecular weight is 454 g/mol. The SMILES string of the molecule is COc1ccccc1C(=O)N=Nc1ccc(NOC(=O)c2ccccc2Br)cc1. The molecular weight excluding hydrogens is 438 g/mol. The summed E-state index contributed by atoms with van der Waals surface area (Å²) in [6.07, 6.45) is 0. The molecule has 3 aromatic rings. The fourth-order valence-corrected chi connectivity index (χ4v) is 2.81. The van der Waals surface area contributed by atoms with Crippen LogP contribution in [0.15, 0.2) is 87.5 Å². The minimum absolute atomic E-state index is 0.330. The first-order valence-corrected chi connectivity index (χ1v) is 9.28. The molecule has 3 aromatic carbocycles. The lowest BCUT2D eigenvalue weighted by Crippen LogP contribution is -2.11. The lowest BCUT2D eigenvalue weighted by atomic mass is 10.2. The second-order valence-electron chi connectivity index (χ2n) is 5.72. The maximum Gasteiger partial charge on any atom is 0.363 e. The molecule has 0 spiro atoms. The van der Waals surface area contributed by atoms with Crippen molar-refractivity contribution in [2.24, 2.45) is 10.2 Å². The van der Waals surface area contributed by atoms with Gasteiger partial charge in [-0.25, -0.2) is 10.3 Å². The molecule has 0 fully saturated rings. The number of hydrogen-bond acceptors (Lipinski definition) is 6. The lowest BCUT2D eigenvalue weighted by molar-refractivity contribution is 0.0595. The van der Waals surface area contributed by atoms with Crippen LogP contribution in [0.1, 0.15) is 20.7 Å². The number of benzene rings is 3. The minimum atomic E-state index is -0.524. The molecule has 7 nitrogen and oxygen atoms in total. The normalized spacial score (nSPS) is 10.6. The fourth-order valence-electron chi connectivity index (χ4n) is 2.36. The van der Waals surface area contributed by atoms with Crippen LogP contribution in [-0.4, -0.2) is 19.0 Å². The van der Waals surface area contributed by atoms with Gasteiger partial charge in [-0.05, 0) is 64.5 Å². The van der Waals surface area contributed by atoms with Crippen molar-refractivity contribution < 1.29 is 19.2 Å². The van der Waals surface area contributed by atoms with Crippen molar-refractivity contribution in [2.75, 3.05) is 12.6 Å². The predicted molar refractivity (Wildman–Crippen MR) is 111 cm³/mol. The summed E-state index contributed by atoms with van der Waals surface area (Å²) in [6, 6.07) is 20.3. The Morgan fingerprint density at radius 3 is 2.24 bits per heavy atom. The van der Waals surface area contributed by atoms with Crippen molar-refractivity contribution in [3.63, 3.8) is 0 Å². The van der Waals surface area contributed by atoms with E-state index in [1.165, 1.54) is 7.11 Å². The molecule has 29 heavy (non-hydrogen) atoms. The minimum Gasteiger partial charge on any atom is -0.496 e. The van der Waals surface area contributed by atoms with Crippen LogP contribution in [-0.2, 0) is 4.84 Å². The second kappa shape index (κ2) is 9.61. The Balaban J connectivity index is 1.60. The molecule has 0 aliphatic carbocycles. The molecule has 1 N–H and O–H groups in total. The van der Waals surface area contributed by atoms with E-state index < -0.39 is 11.9 Å². The molecule has 1 amide bonds. The summed E-state index contributed by atoms with van der Waals surface area (Å²) in [5, 5.41) is 7.65. The van der Waals surface area contributed by atoms with E-state index in [0.29, 0.717) is 32.7 Å². The number of anilines is 1. The van der Waals surface area contributed by atoms with Gasteiger partial charge in [-0.15, -0.1) is 10.2 Å². The topological polar surface area (TPSA) is 89.3 Å². The molecule has 0 radical (unpaired) electrons. The highest BCUT2D eigenvalue weighted by atomic mass is 79.9. The Hall–Kier alpha value is -3.52. The molecule has 0 bridgehead atoms. The number of ether oxygens (including phenoxy) is 1. The van der Waals surface area contributed by atoms with E-state index >= 15 is 0 Å². The summed E-state index contributed by atoms with van der Waals surface area (Å²) >= 11 is 3.30. The summed E-state index contributed by atoms with van der Waals surface area (Å²) in [6.45, 7) is 0. The van der Waals surface area contributed by atoms with Crippen LogP contribution in [0.4, 0.5) is 11.4 Å². The van der Waals surface area contributed by atoms with Gasteiger partial charge in [-0.2, -0.15) is 0 Å². The van der Waals surface area contributed by atoms with Crippen LogP contribution in [0.25, 0.3) is 0 Å². The maximum atomic E-state index is 12.2. The summed E-state index contributed by atoms with van der Waals surface area (Å²) in [5.41, 5.74) is 4.32. The van der Waals surface area contributed by atoms with E-state index in [4.69, 9.17) is 9.57 Å². The van der Waals surface area contributed by atoms with Gasteiger partial charge in [0.25, 0.3) is 5.91 Å². The zero-order valence-corrected chi connectivity index (χ0v) is 16.9. The average Bonchev–Trinajstić information content (AvgIpc) is 2.76. The molecular formula is C21H16BrN3O4. The van der Waals surface area contributed by atoms with Crippen molar-refractivity contribution in [3.05, 3.63) is 88.4 Å². The number of nitrogens with zero attached hydrogens (tertiary/aromatic N) is 2. The number of nitrogens with one attached hydrogen (secondary N) is 1. The molecule has 146 valence electrons. The quantitative estimate of drug-likeness (QED) is 0.389. The number of carbonyl (C=O) groups excluding carboxylic acids is 2. The third-order valence-electron chi connectivity index (χ3n) is 3.82. The standard InChI is InChI=1S/C21H16BrN3O4/c1-28-19-9-5-3-7-17(19)20(26)24-23-14-10-12-15(13-11-14)25-29-21(27)16-6-2-4-8-18(16)22/h2-13,25H,1H3. The number of azo groups is 1. The van der Waals surface area contributed by atoms with Gasteiger partial charge in [0.05, 0.1) is 29.6 Å². The first kappa shape index (κ1) is 20.2. The molecule has 8 heteroatoms. The summed E-state index contributed by atoms with van der Waals surface area (Å²) in [5.74, 6) is -0.599. The number of carbonyl (C=O) groups is 2. The molecule has 0 heterocycles. The molecule has 3 rings (SSSR count). The smallest absolute Gasteiger partial charge is 0.363 e. The number of methoxy groups -OCH3 is 1. The van der Waals surface area contributed by atoms with Crippen molar-refractivity contribution in [2.45, 2.75) is 0 Å². The summed E-state index contributed by atoms with van der Waals surface area (Å²) in [4.78, 5) is 29.3. The molecule has 0 aliphatic heterocycles. The number of halogens is 1. The first-order valence-electron chi connectivity index (χ1n) is 8.49. The van der Waals surface area contributed by atoms with Crippen LogP contribution < -0.4 is 10.2 Å². The van der Waals surface area contributed by atoms with Gasteiger partial charge in [0.15, 0.2) is 0 Å². The summed E-state index contributed by atoms with van der Waals surface area (Å²) in [7, 11) is 1.48. The highest BCUT2D eigenvalue weighted by molar-refractivity contribution is 9.10. The van der Waals surface area contributed by atoms with E-state index in [2.05, 4.69) is 31.6 Å². The number of amides is 1. The molecule has 0 saturated heterocycles. The van der Waals surface area contributed by atoms with E-state index in [0.717, 1.165) is 0 Å². The molecule has 0 unspecified atom stereocenters. The van der Waals surface area contributed by atoms with Gasteiger partial charge in [-0.3, -0.25) is 4.79 Å². The van der Waals surface area contributed by atoms with Crippen molar-refractivity contribution in [3.8, 4) is 5.75 Å². The monoisotopic (exact) mass is 453 g/mol. The van der Waals surface area contributed by atoms with Crippen LogP contribution in [0, 0.1) is 0 Å². The maximum absolute atomic E-state index is 12.2. The molecule has 0 saturated carbocycles. The number of para-hydroxylation sites is 1. The fraction of sp³-hybridized carbons (Fsp3) is 0.0476. The van der Waals surface area contributed by atoms with Crippen molar-refractivity contribution in [1.29, 1.82) is 0 Å². The molecule has 0 atom stereocenters. The lowest BCUT2D eigenvalue weighted by Gasteiger charge is -2.07. The van der Waals surface area contributed by atoms with Crippen molar-refractivity contribution >= 4 is 39.2 Å². The van der Waals surface area contributed by atoms with E-state index in [1.807, 2.05) is 0 Å². The third-order valence-corrected chi connectivity index (χ3v) is 4.51. The van der Waals surface area contributed by atoms with Gasteiger partial charge in [-0.1, -0.05) is 24.3 Å². The van der Waals surface area contributed by atoms with Crippen LogP contribution in [0.5, 0.6) is 5.75 Å². The summed E-state index contributed by atoms with van der Waals surface area (Å²) < 4.78 is 5.79. The van der Waals surface area contributed by atoms with E-state index in [9.17, 15) is 9.59 Å². The molecule has 0 aliphatic rings. The first-order chi connectivity index (χ1) is 14.1. The Morgan fingerprint density at radius 2 is 1.55 bits per heavy atom. The second-order valence-corrected chi connectivity index (χ2v) is 6.58. The van der Waals surface area contributed by atoms with Gasteiger partial charge in [0, 0.05) is 4.47 Å². The van der Waals surface area contributed by atoms with Gasteiger partial charge < -0.3 is 9.57 Å². The number of rotatable bonds is 6. The van der Waals surface area contributed by atoms with Crippen LogP contribution in [0.2, 0.25) is 0 Å². The Morgan fingerprint density at radius 1 is 0.897 bits per heavy atom. The van der Waals surface area contributed by atoms with Crippen LogP contribution >= 0.6 is 15.9 Å². The number of hydrogen-bond donors (Lipinski definition) is 1. The predicted octanol–water partition coefficient (Wildman–Crippen LogP) is 5.57. The van der Waals surface area contributed by atoms with E-state index in [-0.39, 0.29) is 0 Å². The van der Waals surface area contributed by atoms with Crippen molar-refractivity contribution in [1.82, 2.24) is 0 Å². The van der Waals surface area contributed by atoms with Gasteiger partial charge in [0.2, 0.25) is 0 Å².